The monoisotopic (exact) mass is 580 g/mol. The summed E-state index contributed by atoms with van der Waals surface area (Å²) in [5, 5.41) is 3.85. The van der Waals surface area contributed by atoms with Crippen molar-refractivity contribution >= 4 is 45.5 Å². The first-order valence-corrected chi connectivity index (χ1v) is 16.2. The van der Waals surface area contributed by atoms with Crippen LogP contribution in [-0.4, -0.2) is 16.1 Å². The van der Waals surface area contributed by atoms with Gasteiger partial charge in [0, 0.05) is 39.0 Å². The Labute approximate surface area is 258 Å². The average molecular weight is 581 g/mol. The molecule has 4 nitrogen and oxygen atoms in total. The third-order valence-corrected chi connectivity index (χ3v) is 9.24. The van der Waals surface area contributed by atoms with Crippen LogP contribution in [0, 0.1) is 0 Å². The van der Waals surface area contributed by atoms with Crippen LogP contribution in [0.25, 0.3) is 28.1 Å². The van der Waals surface area contributed by atoms with Gasteiger partial charge in [-0.25, -0.2) is 4.98 Å². The molecule has 0 amide bonds. The van der Waals surface area contributed by atoms with E-state index in [1.165, 1.54) is 46.8 Å². The lowest BCUT2D eigenvalue weighted by molar-refractivity contribution is 0.645. The Morgan fingerprint density at radius 1 is 0.651 bits per heavy atom. The van der Waals surface area contributed by atoms with E-state index in [-0.39, 0.29) is 0 Å². The highest BCUT2D eigenvalue weighted by molar-refractivity contribution is 7.99. The summed E-state index contributed by atoms with van der Waals surface area (Å²) >= 11 is 1.84. The van der Waals surface area contributed by atoms with Gasteiger partial charge >= 0.3 is 0 Å². The molecule has 0 spiro atoms. The number of para-hydroxylation sites is 5. The molecule has 0 radical (unpaired) electrons. The molecule has 1 N–H and O–H groups in total. The standard InChI is InChI=1S/C38H36N4S/c1-2-3-4-5-15-26-39-32-27-29(41-34-20-11-13-22-36(34)43-37-23-14-12-21-35(37)41)24-25-30(32)38-40-31-18-9-10-19-33(31)42(38)28-16-7-6-8-17-28/h6-14,16-25,27,39H,2-5,15,26H2,1H3. The van der Waals surface area contributed by atoms with Crippen LogP contribution in [0.5, 0.6) is 0 Å². The number of hydrogen-bond donors (Lipinski definition) is 1. The van der Waals surface area contributed by atoms with Crippen LogP contribution in [-0.2, 0) is 0 Å². The number of hydrogen-bond acceptors (Lipinski definition) is 4. The molecule has 214 valence electrons. The maximum absolute atomic E-state index is 5.21. The summed E-state index contributed by atoms with van der Waals surface area (Å²) in [6.07, 6.45) is 6.22. The topological polar surface area (TPSA) is 33.1 Å². The van der Waals surface area contributed by atoms with E-state index in [0.29, 0.717) is 0 Å². The minimum Gasteiger partial charge on any atom is -0.384 e. The zero-order valence-corrected chi connectivity index (χ0v) is 25.4. The van der Waals surface area contributed by atoms with Crippen LogP contribution < -0.4 is 10.2 Å². The predicted octanol–water partition coefficient (Wildman–Crippen LogP) is 11.0. The molecule has 43 heavy (non-hydrogen) atoms. The summed E-state index contributed by atoms with van der Waals surface area (Å²) in [5.41, 5.74) is 8.97. The minimum atomic E-state index is 0.925. The maximum atomic E-state index is 5.21. The van der Waals surface area contributed by atoms with Gasteiger partial charge in [0.15, 0.2) is 0 Å². The molecule has 0 aliphatic carbocycles. The van der Waals surface area contributed by atoms with Gasteiger partial charge in [-0.2, -0.15) is 0 Å². The van der Waals surface area contributed by atoms with Crippen LogP contribution in [0.4, 0.5) is 22.7 Å². The molecule has 0 atom stereocenters. The van der Waals surface area contributed by atoms with Crippen molar-refractivity contribution in [1.29, 1.82) is 0 Å². The van der Waals surface area contributed by atoms with Gasteiger partial charge in [-0.05, 0) is 73.2 Å². The Hall–Kier alpha value is -4.48. The second-order valence-electron chi connectivity index (χ2n) is 11.0. The number of rotatable bonds is 10. The Kier molecular flexibility index (Phi) is 7.89. The van der Waals surface area contributed by atoms with Gasteiger partial charge in [-0.1, -0.05) is 99.0 Å². The first-order chi connectivity index (χ1) is 21.3. The van der Waals surface area contributed by atoms with Crippen LogP contribution in [0.15, 0.2) is 131 Å². The Balaban J connectivity index is 1.36. The molecule has 1 aliphatic heterocycles. The first kappa shape index (κ1) is 27.4. The third-order valence-electron chi connectivity index (χ3n) is 8.11. The second kappa shape index (κ2) is 12.4. The quantitative estimate of drug-likeness (QED) is 0.163. The lowest BCUT2D eigenvalue weighted by Gasteiger charge is -2.33. The van der Waals surface area contributed by atoms with Gasteiger partial charge in [0.1, 0.15) is 5.82 Å². The van der Waals surface area contributed by atoms with Gasteiger partial charge in [-0.15, -0.1) is 0 Å². The molecule has 5 aromatic carbocycles. The van der Waals surface area contributed by atoms with Gasteiger partial charge in [0.25, 0.3) is 0 Å². The summed E-state index contributed by atoms with van der Waals surface area (Å²) in [7, 11) is 0. The van der Waals surface area contributed by atoms with E-state index in [1.807, 2.05) is 11.8 Å². The fourth-order valence-electron chi connectivity index (χ4n) is 5.99. The number of unbranched alkanes of at least 4 members (excludes halogenated alkanes) is 4. The van der Waals surface area contributed by atoms with Crippen molar-refractivity contribution in [2.24, 2.45) is 0 Å². The van der Waals surface area contributed by atoms with Gasteiger partial charge < -0.3 is 10.2 Å². The molecule has 7 rings (SSSR count). The van der Waals surface area contributed by atoms with E-state index in [0.717, 1.165) is 52.4 Å². The zero-order chi connectivity index (χ0) is 29.0. The second-order valence-corrected chi connectivity index (χ2v) is 12.1. The molecule has 0 unspecified atom stereocenters. The van der Waals surface area contributed by atoms with Crippen LogP contribution in [0.2, 0.25) is 0 Å². The van der Waals surface area contributed by atoms with Crippen molar-refractivity contribution in [3.8, 4) is 17.1 Å². The number of benzene rings is 5. The van der Waals surface area contributed by atoms with E-state index in [2.05, 4.69) is 143 Å². The van der Waals surface area contributed by atoms with E-state index in [4.69, 9.17) is 4.98 Å². The molecule has 0 fully saturated rings. The summed E-state index contributed by atoms with van der Waals surface area (Å²) in [6, 6.07) is 43.2. The normalized spacial score (nSPS) is 12.3. The molecule has 2 heterocycles. The number of nitrogens with zero attached hydrogens (tertiary/aromatic N) is 3. The van der Waals surface area contributed by atoms with E-state index >= 15 is 0 Å². The highest BCUT2D eigenvalue weighted by Gasteiger charge is 2.26. The smallest absolute Gasteiger partial charge is 0.147 e. The minimum absolute atomic E-state index is 0.925. The van der Waals surface area contributed by atoms with Crippen molar-refractivity contribution in [2.75, 3.05) is 16.8 Å². The third kappa shape index (κ3) is 5.41. The number of anilines is 4. The average Bonchev–Trinajstić information content (AvgIpc) is 3.45. The lowest BCUT2D eigenvalue weighted by Crippen LogP contribution is -2.15. The summed E-state index contributed by atoms with van der Waals surface area (Å²) in [4.78, 5) is 10.1. The summed E-state index contributed by atoms with van der Waals surface area (Å²) < 4.78 is 2.29. The summed E-state index contributed by atoms with van der Waals surface area (Å²) in [5.74, 6) is 0.947. The predicted molar refractivity (Wildman–Crippen MR) is 183 cm³/mol. The molecule has 0 saturated heterocycles. The molecule has 6 aromatic rings. The van der Waals surface area contributed by atoms with Crippen LogP contribution in [0.1, 0.15) is 39.0 Å². The van der Waals surface area contributed by atoms with E-state index in [1.54, 1.807) is 0 Å². The molecule has 1 aliphatic rings. The zero-order valence-electron chi connectivity index (χ0n) is 24.5. The number of imidazole rings is 1. The number of fused-ring (bicyclic) bond motifs is 3. The molecular formula is C38H36N4S. The highest BCUT2D eigenvalue weighted by atomic mass is 32.2. The van der Waals surface area contributed by atoms with Gasteiger partial charge in [-0.3, -0.25) is 4.57 Å². The number of aromatic nitrogens is 2. The highest BCUT2D eigenvalue weighted by Crippen LogP contribution is 2.51. The van der Waals surface area contributed by atoms with Crippen LogP contribution >= 0.6 is 11.8 Å². The Morgan fingerprint density at radius 3 is 2.09 bits per heavy atom. The van der Waals surface area contributed by atoms with Crippen molar-refractivity contribution in [3.63, 3.8) is 0 Å². The lowest BCUT2D eigenvalue weighted by atomic mass is 10.1. The Bertz CT molecular complexity index is 1810. The van der Waals surface area contributed by atoms with E-state index in [9.17, 15) is 0 Å². The maximum Gasteiger partial charge on any atom is 0.147 e. The van der Waals surface area contributed by atoms with Crippen molar-refractivity contribution in [2.45, 2.75) is 48.8 Å². The SMILES string of the molecule is CCCCCCCNc1cc(N2c3ccccc3Sc3ccccc32)ccc1-c1nc2ccccc2n1-c1ccccc1. The van der Waals surface area contributed by atoms with Gasteiger partial charge in [0.05, 0.1) is 22.4 Å². The number of nitrogens with one attached hydrogen (secondary N) is 1. The van der Waals surface area contributed by atoms with Gasteiger partial charge in [0.2, 0.25) is 0 Å². The fraction of sp³-hybridized carbons (Fsp3) is 0.184. The first-order valence-electron chi connectivity index (χ1n) is 15.4. The Morgan fingerprint density at radius 2 is 1.33 bits per heavy atom. The fourth-order valence-corrected chi connectivity index (χ4v) is 7.05. The van der Waals surface area contributed by atoms with Crippen molar-refractivity contribution in [1.82, 2.24) is 9.55 Å². The molecule has 1 aromatic heterocycles. The molecule has 0 saturated carbocycles. The van der Waals surface area contributed by atoms with Crippen molar-refractivity contribution < 1.29 is 0 Å². The summed E-state index contributed by atoms with van der Waals surface area (Å²) in [6.45, 7) is 3.19. The van der Waals surface area contributed by atoms with Crippen LogP contribution in [0.3, 0.4) is 0 Å². The molecule has 5 heteroatoms. The van der Waals surface area contributed by atoms with E-state index < -0.39 is 0 Å². The molecular weight excluding hydrogens is 545 g/mol. The molecule has 0 bridgehead atoms. The largest absolute Gasteiger partial charge is 0.384 e. The van der Waals surface area contributed by atoms with Crippen molar-refractivity contribution in [3.05, 3.63) is 121 Å².